The minimum Gasteiger partial charge on any atom is -0.497 e. The lowest BCUT2D eigenvalue weighted by Crippen LogP contribution is -2.39. The fourth-order valence-corrected chi connectivity index (χ4v) is 1.81. The molecule has 1 aromatic carbocycles. The molecule has 0 amide bonds. The maximum Gasteiger partial charge on any atom is 0.464 e. The number of azo groups is 1. The highest BCUT2D eigenvalue weighted by Gasteiger charge is 2.50. The zero-order valence-electron chi connectivity index (χ0n) is 11.7. The largest absolute Gasteiger partial charge is 0.497 e. The summed E-state index contributed by atoms with van der Waals surface area (Å²) in [6.45, 7) is 2.94. The SMILES string of the molecule is COc1ccc([C@@]2(C)N=N[C@](OC)(OC(C)=O)O2)cc1. The summed E-state index contributed by atoms with van der Waals surface area (Å²) < 4.78 is 20.7. The third-order valence-corrected chi connectivity index (χ3v) is 2.85. The maximum absolute atomic E-state index is 11.1. The minimum absolute atomic E-state index is 0.579. The number of hydrogen-bond donors (Lipinski definition) is 0. The van der Waals surface area contributed by atoms with Crippen molar-refractivity contribution < 1.29 is 23.7 Å². The van der Waals surface area contributed by atoms with Crippen LogP contribution in [-0.2, 0) is 24.7 Å². The van der Waals surface area contributed by atoms with Crippen molar-refractivity contribution in [2.75, 3.05) is 14.2 Å². The van der Waals surface area contributed by atoms with Gasteiger partial charge in [0.25, 0.3) is 0 Å². The van der Waals surface area contributed by atoms with Crippen molar-refractivity contribution in [3.05, 3.63) is 29.8 Å². The number of nitrogens with zero attached hydrogens (tertiary/aromatic N) is 2. The third-order valence-electron chi connectivity index (χ3n) is 2.85. The second-order valence-corrected chi connectivity index (χ2v) is 4.34. The standard InChI is InChI=1S/C13H16N2O5/c1-9(16)19-13(18-4)15-14-12(2,20-13)10-5-7-11(17-3)8-6-10/h5-8H,1-4H3/t12-,13-/m0/s1. The number of hydrogen-bond acceptors (Lipinski definition) is 7. The van der Waals surface area contributed by atoms with Gasteiger partial charge in [0.15, 0.2) is 0 Å². The lowest BCUT2D eigenvalue weighted by molar-refractivity contribution is -0.362. The van der Waals surface area contributed by atoms with Crippen molar-refractivity contribution >= 4 is 5.97 Å². The van der Waals surface area contributed by atoms with Crippen molar-refractivity contribution in [3.63, 3.8) is 0 Å². The molecule has 7 nitrogen and oxygen atoms in total. The van der Waals surface area contributed by atoms with Crippen LogP contribution in [-0.4, -0.2) is 26.3 Å². The molecule has 7 heteroatoms. The number of esters is 1. The zero-order chi connectivity index (χ0) is 14.8. The molecule has 1 aliphatic heterocycles. The average Bonchev–Trinajstić information content (AvgIpc) is 2.77. The molecule has 0 unspecified atom stereocenters. The molecule has 0 bridgehead atoms. The molecule has 1 aliphatic rings. The fourth-order valence-electron chi connectivity index (χ4n) is 1.81. The second-order valence-electron chi connectivity index (χ2n) is 4.34. The predicted molar refractivity (Wildman–Crippen MR) is 67.8 cm³/mol. The van der Waals surface area contributed by atoms with E-state index >= 15 is 0 Å². The second kappa shape index (κ2) is 5.18. The molecule has 0 saturated heterocycles. The molecule has 1 heterocycles. The van der Waals surface area contributed by atoms with Gasteiger partial charge in [0.1, 0.15) is 5.75 Å². The van der Waals surface area contributed by atoms with Gasteiger partial charge in [0.2, 0.25) is 5.72 Å². The number of benzene rings is 1. The van der Waals surface area contributed by atoms with Crippen molar-refractivity contribution in [1.29, 1.82) is 0 Å². The first-order valence-electron chi connectivity index (χ1n) is 5.96. The average molecular weight is 280 g/mol. The van der Waals surface area contributed by atoms with Crippen LogP contribution in [0.2, 0.25) is 0 Å². The summed E-state index contributed by atoms with van der Waals surface area (Å²) in [5, 5.41) is 7.83. The van der Waals surface area contributed by atoms with Gasteiger partial charge in [-0.2, -0.15) is 0 Å². The predicted octanol–water partition coefficient (Wildman–Crippen LogP) is 2.17. The lowest BCUT2D eigenvalue weighted by Gasteiger charge is -2.26. The van der Waals surface area contributed by atoms with Gasteiger partial charge in [-0.1, -0.05) is 17.2 Å². The summed E-state index contributed by atoms with van der Waals surface area (Å²) in [6, 6.07) is 7.13. The van der Waals surface area contributed by atoms with Crippen LogP contribution in [0, 0.1) is 0 Å². The summed E-state index contributed by atoms with van der Waals surface area (Å²) in [5.41, 5.74) is -0.370. The molecule has 0 N–H and O–H groups in total. The van der Waals surface area contributed by atoms with Crippen LogP contribution in [0.4, 0.5) is 0 Å². The Hall–Kier alpha value is -1.99. The van der Waals surface area contributed by atoms with Crippen molar-refractivity contribution in [1.82, 2.24) is 0 Å². The van der Waals surface area contributed by atoms with Crippen LogP contribution in [0.5, 0.6) is 5.75 Å². The topological polar surface area (TPSA) is 78.7 Å². The number of carbonyl (C=O) groups excluding carboxylic acids is 1. The van der Waals surface area contributed by atoms with E-state index in [1.165, 1.54) is 14.0 Å². The third kappa shape index (κ3) is 2.63. The highest BCUT2D eigenvalue weighted by Crippen LogP contribution is 2.40. The van der Waals surface area contributed by atoms with E-state index in [0.717, 1.165) is 5.56 Å². The van der Waals surface area contributed by atoms with E-state index in [2.05, 4.69) is 10.2 Å². The molecule has 2 rings (SSSR count). The minimum atomic E-state index is -1.83. The van der Waals surface area contributed by atoms with Gasteiger partial charge >= 0.3 is 12.1 Å². The van der Waals surface area contributed by atoms with Gasteiger partial charge in [-0.3, -0.25) is 14.3 Å². The summed E-state index contributed by atoms with van der Waals surface area (Å²) in [4.78, 5) is 11.1. The van der Waals surface area contributed by atoms with E-state index in [0.29, 0.717) is 5.75 Å². The van der Waals surface area contributed by atoms with Gasteiger partial charge in [-0.25, -0.2) is 0 Å². The smallest absolute Gasteiger partial charge is 0.464 e. The Morgan fingerprint density at radius 3 is 2.35 bits per heavy atom. The van der Waals surface area contributed by atoms with Crippen LogP contribution < -0.4 is 4.74 Å². The van der Waals surface area contributed by atoms with Crippen LogP contribution in [0.3, 0.4) is 0 Å². The summed E-state index contributed by atoms with van der Waals surface area (Å²) in [7, 11) is 2.90. The maximum atomic E-state index is 11.1. The fraction of sp³-hybridized carbons (Fsp3) is 0.462. The molecule has 20 heavy (non-hydrogen) atoms. The van der Waals surface area contributed by atoms with Gasteiger partial charge in [-0.15, -0.1) is 5.11 Å². The van der Waals surface area contributed by atoms with Crippen molar-refractivity contribution in [2.45, 2.75) is 25.7 Å². The van der Waals surface area contributed by atoms with E-state index in [1.54, 1.807) is 38.3 Å². The molecule has 2 atom stereocenters. The number of rotatable bonds is 4. The molecule has 0 saturated carbocycles. The van der Waals surface area contributed by atoms with E-state index in [-0.39, 0.29) is 0 Å². The Labute approximate surface area is 116 Å². The van der Waals surface area contributed by atoms with Crippen LogP contribution in [0.25, 0.3) is 0 Å². The van der Waals surface area contributed by atoms with E-state index in [1.807, 2.05) is 0 Å². The molecular weight excluding hydrogens is 264 g/mol. The molecule has 0 fully saturated rings. The number of ether oxygens (including phenoxy) is 4. The Balaban J connectivity index is 2.24. The Morgan fingerprint density at radius 2 is 1.85 bits per heavy atom. The van der Waals surface area contributed by atoms with E-state index < -0.39 is 17.8 Å². The van der Waals surface area contributed by atoms with Gasteiger partial charge in [-0.05, 0) is 19.1 Å². The molecule has 0 aromatic heterocycles. The van der Waals surface area contributed by atoms with Gasteiger partial charge in [0.05, 0.1) is 7.11 Å². The van der Waals surface area contributed by atoms with Crippen LogP contribution in [0.15, 0.2) is 34.5 Å². The highest BCUT2D eigenvalue weighted by molar-refractivity contribution is 5.66. The molecule has 108 valence electrons. The Morgan fingerprint density at radius 1 is 1.20 bits per heavy atom. The van der Waals surface area contributed by atoms with Gasteiger partial charge in [0, 0.05) is 19.6 Å². The first-order valence-corrected chi connectivity index (χ1v) is 5.96. The monoisotopic (exact) mass is 280 g/mol. The van der Waals surface area contributed by atoms with Crippen molar-refractivity contribution in [2.24, 2.45) is 10.2 Å². The van der Waals surface area contributed by atoms with E-state index in [4.69, 9.17) is 18.9 Å². The summed E-state index contributed by atoms with van der Waals surface area (Å²) in [6.07, 6.45) is -1.83. The lowest BCUT2D eigenvalue weighted by atomic mass is 10.1. The molecule has 1 aromatic rings. The first kappa shape index (κ1) is 14.4. The Bertz CT molecular complexity index is 530. The van der Waals surface area contributed by atoms with Crippen LogP contribution in [0.1, 0.15) is 19.4 Å². The quantitative estimate of drug-likeness (QED) is 0.624. The Kier molecular flexibility index (Phi) is 3.74. The first-order chi connectivity index (χ1) is 9.43. The normalized spacial score (nSPS) is 28.4. The number of methoxy groups -OCH3 is 2. The van der Waals surface area contributed by atoms with Crippen LogP contribution >= 0.6 is 0 Å². The van der Waals surface area contributed by atoms with Crippen molar-refractivity contribution in [3.8, 4) is 5.75 Å². The molecule has 0 radical (unpaired) electrons. The highest BCUT2D eigenvalue weighted by atomic mass is 16.9. The zero-order valence-corrected chi connectivity index (χ0v) is 11.7. The summed E-state index contributed by atoms with van der Waals surface area (Å²) >= 11 is 0. The number of carbonyl (C=O) groups is 1. The van der Waals surface area contributed by atoms with Gasteiger partial charge < -0.3 is 9.47 Å². The molecule has 0 spiro atoms. The molecular formula is C13H16N2O5. The molecule has 0 aliphatic carbocycles. The van der Waals surface area contributed by atoms with E-state index in [9.17, 15) is 4.79 Å². The summed E-state index contributed by atoms with van der Waals surface area (Å²) in [5.74, 6) is 0.134.